The van der Waals surface area contributed by atoms with Crippen molar-refractivity contribution in [2.24, 2.45) is 17.3 Å². The molecule has 1 saturated heterocycles. The monoisotopic (exact) mass is 714 g/mol. The van der Waals surface area contributed by atoms with Crippen molar-refractivity contribution in [3.05, 3.63) is 96.0 Å². The maximum absolute atomic E-state index is 15.1. The number of aromatic nitrogens is 1. The molecule has 0 spiro atoms. The largest absolute Gasteiger partial charge is 0.489 e. The molecule has 1 fully saturated rings. The van der Waals surface area contributed by atoms with Gasteiger partial charge in [-0.3, -0.25) is 14.6 Å². The number of carbonyl (C=O) groups is 4. The molecule has 0 unspecified atom stereocenters. The highest BCUT2D eigenvalue weighted by molar-refractivity contribution is 6.38. The summed E-state index contributed by atoms with van der Waals surface area (Å²) in [6.07, 6.45) is 6.12. The maximum atomic E-state index is 15.1. The van der Waals surface area contributed by atoms with Gasteiger partial charge in [0.1, 0.15) is 36.9 Å². The molecule has 0 saturated carbocycles. The zero-order valence-corrected chi connectivity index (χ0v) is 31.2. The summed E-state index contributed by atoms with van der Waals surface area (Å²) >= 11 is 0. The van der Waals surface area contributed by atoms with Gasteiger partial charge in [0.2, 0.25) is 5.78 Å². The molecule has 52 heavy (non-hydrogen) atoms. The zero-order valence-electron chi connectivity index (χ0n) is 31.2. The average molecular weight is 715 g/mol. The van der Waals surface area contributed by atoms with Crippen LogP contribution >= 0.6 is 0 Å². The van der Waals surface area contributed by atoms with Gasteiger partial charge in [-0.15, -0.1) is 0 Å². The van der Waals surface area contributed by atoms with Gasteiger partial charge in [-0.25, -0.2) is 14.0 Å². The highest BCUT2D eigenvalue weighted by Gasteiger charge is 2.42. The van der Waals surface area contributed by atoms with E-state index in [1.807, 2.05) is 58.0 Å². The van der Waals surface area contributed by atoms with E-state index in [1.54, 1.807) is 18.3 Å². The van der Waals surface area contributed by atoms with Crippen LogP contribution in [0.3, 0.4) is 0 Å². The number of benzene rings is 2. The van der Waals surface area contributed by atoms with Crippen molar-refractivity contribution in [3.63, 3.8) is 0 Å². The summed E-state index contributed by atoms with van der Waals surface area (Å²) in [6.45, 7) is 15.0. The van der Waals surface area contributed by atoms with E-state index in [4.69, 9.17) is 14.2 Å². The lowest BCUT2D eigenvalue weighted by Crippen LogP contribution is -2.53. The molecule has 10 heteroatoms. The van der Waals surface area contributed by atoms with Crippen LogP contribution in [0.15, 0.2) is 79.0 Å². The molecule has 0 radical (unpaired) electrons. The fraction of sp³-hybridized carbons (Fsp3) is 0.452. The quantitative estimate of drug-likeness (QED) is 0.0637. The van der Waals surface area contributed by atoms with Crippen LogP contribution in [0.2, 0.25) is 0 Å². The van der Waals surface area contributed by atoms with Gasteiger partial charge in [-0.1, -0.05) is 58.5 Å². The van der Waals surface area contributed by atoms with E-state index in [0.29, 0.717) is 31.2 Å². The third-order valence-corrected chi connectivity index (χ3v) is 9.14. The van der Waals surface area contributed by atoms with E-state index >= 15 is 4.39 Å². The summed E-state index contributed by atoms with van der Waals surface area (Å²) < 4.78 is 32.4. The lowest BCUT2D eigenvalue weighted by molar-refractivity contribution is -0.165. The number of pyridine rings is 1. The van der Waals surface area contributed by atoms with Crippen molar-refractivity contribution in [2.75, 3.05) is 19.8 Å². The standard InChI is InChI=1S/C42H51FN2O7/c1-27(2)15-18-38(46)51-26-42(6,7)39(47)40(48)45-19-11-10-14-36(45)41(49)52-37(17-16-30-20-31-12-8-9-13-35(31)44-24-30)32-21-33(43)23-34(22-32)50-25-29(5)28(3)4/h8-9,12-13,15,18,20-24,27-28,36-37H,5,10-11,14,16-17,19,25-26H2,1-4,6-7H3/t36-,37+/m0/s1. The molecule has 0 bridgehead atoms. The van der Waals surface area contributed by atoms with Gasteiger partial charge in [0.05, 0.1) is 10.9 Å². The van der Waals surface area contributed by atoms with Crippen LogP contribution in [0.25, 0.3) is 10.9 Å². The van der Waals surface area contributed by atoms with Crippen LogP contribution in [0.4, 0.5) is 4.39 Å². The van der Waals surface area contributed by atoms with Gasteiger partial charge >= 0.3 is 11.9 Å². The molecule has 4 rings (SSSR count). The molecule has 2 aromatic carbocycles. The predicted molar refractivity (Wildman–Crippen MR) is 198 cm³/mol. The van der Waals surface area contributed by atoms with E-state index in [0.717, 1.165) is 22.0 Å². The van der Waals surface area contributed by atoms with Crippen LogP contribution in [0.1, 0.15) is 84.5 Å². The minimum atomic E-state index is -1.33. The number of fused-ring (bicyclic) bond motifs is 1. The lowest BCUT2D eigenvalue weighted by Gasteiger charge is -2.36. The van der Waals surface area contributed by atoms with Crippen LogP contribution in [-0.2, 0) is 35.1 Å². The Hall–Kier alpha value is -4.86. The minimum absolute atomic E-state index is 0.140. The lowest BCUT2D eigenvalue weighted by atomic mass is 9.87. The summed E-state index contributed by atoms with van der Waals surface area (Å²) in [5.41, 5.74) is 1.66. The van der Waals surface area contributed by atoms with Crippen LogP contribution in [0.5, 0.6) is 5.75 Å². The molecule has 1 aromatic heterocycles. The Labute approximate surface area is 306 Å². The van der Waals surface area contributed by atoms with Crippen molar-refractivity contribution >= 4 is 34.5 Å². The van der Waals surface area contributed by atoms with Crippen LogP contribution in [-0.4, -0.2) is 59.3 Å². The molecule has 2 atom stereocenters. The number of rotatable bonds is 16. The number of aryl methyl sites for hydroxylation is 1. The highest BCUT2D eigenvalue weighted by atomic mass is 19.1. The molecule has 3 aromatic rings. The summed E-state index contributed by atoms with van der Waals surface area (Å²) in [4.78, 5) is 59.2. The Morgan fingerprint density at radius 1 is 1.06 bits per heavy atom. The van der Waals surface area contributed by atoms with Crippen molar-refractivity contribution in [1.82, 2.24) is 9.88 Å². The number of Topliss-reactive ketones (excluding diaryl/α,β-unsaturated/α-hetero) is 1. The van der Waals surface area contributed by atoms with Gasteiger partial charge in [0.25, 0.3) is 5.91 Å². The fourth-order valence-corrected chi connectivity index (χ4v) is 5.74. The zero-order chi connectivity index (χ0) is 38.0. The first-order valence-electron chi connectivity index (χ1n) is 18.0. The first-order valence-corrected chi connectivity index (χ1v) is 18.0. The Kier molecular flexibility index (Phi) is 13.9. The number of nitrogens with zero attached hydrogens (tertiary/aromatic N) is 2. The molecule has 1 aliphatic heterocycles. The number of amides is 1. The minimum Gasteiger partial charge on any atom is -0.489 e. The first kappa shape index (κ1) is 39.9. The van der Waals surface area contributed by atoms with E-state index in [9.17, 15) is 19.2 Å². The Morgan fingerprint density at radius 3 is 2.54 bits per heavy atom. The van der Waals surface area contributed by atoms with Gasteiger partial charge < -0.3 is 19.1 Å². The smallest absolute Gasteiger partial charge is 0.330 e. The van der Waals surface area contributed by atoms with Crippen molar-refractivity contribution in [2.45, 2.75) is 85.8 Å². The SMILES string of the molecule is C=C(COc1cc(F)cc([C@@H](CCc2cnc3ccccc3c2)OC(=O)[C@@H]2CCCCN2C(=O)C(=O)C(C)(C)COC(=O)C=CC(C)C)c1)C(C)C. The summed E-state index contributed by atoms with van der Waals surface area (Å²) in [5.74, 6) is -2.88. The fourth-order valence-electron chi connectivity index (χ4n) is 5.74. The molecule has 9 nitrogen and oxygen atoms in total. The molecule has 0 aliphatic carbocycles. The number of esters is 2. The first-order chi connectivity index (χ1) is 24.6. The second-order valence-electron chi connectivity index (χ2n) is 14.8. The van der Waals surface area contributed by atoms with Gasteiger partial charge in [0.15, 0.2) is 0 Å². The number of hydrogen-bond acceptors (Lipinski definition) is 8. The van der Waals surface area contributed by atoms with Gasteiger partial charge in [0, 0.05) is 30.3 Å². The van der Waals surface area contributed by atoms with E-state index in [2.05, 4.69) is 11.6 Å². The number of para-hydroxylation sites is 1. The van der Waals surface area contributed by atoms with E-state index in [-0.39, 0.29) is 43.8 Å². The Morgan fingerprint density at radius 2 is 1.81 bits per heavy atom. The predicted octanol–water partition coefficient (Wildman–Crippen LogP) is 7.91. The van der Waals surface area contributed by atoms with E-state index in [1.165, 1.54) is 37.0 Å². The Bertz CT molecular complexity index is 1800. The molecule has 0 N–H and O–H groups in total. The van der Waals surface area contributed by atoms with Crippen LogP contribution in [0, 0.1) is 23.1 Å². The average Bonchev–Trinajstić information content (AvgIpc) is 3.12. The number of hydrogen-bond donors (Lipinski definition) is 0. The molecule has 1 amide bonds. The number of ether oxygens (including phenoxy) is 3. The van der Waals surface area contributed by atoms with Crippen molar-refractivity contribution < 1.29 is 37.8 Å². The number of piperidine rings is 1. The molecular weight excluding hydrogens is 663 g/mol. The van der Waals surface area contributed by atoms with Crippen molar-refractivity contribution in [1.29, 1.82) is 0 Å². The van der Waals surface area contributed by atoms with Gasteiger partial charge in [-0.2, -0.15) is 0 Å². The summed E-state index contributed by atoms with van der Waals surface area (Å²) in [6, 6.07) is 13.0. The topological polar surface area (TPSA) is 112 Å². The van der Waals surface area contributed by atoms with Crippen LogP contribution < -0.4 is 4.74 Å². The number of halogens is 1. The van der Waals surface area contributed by atoms with Gasteiger partial charge in [-0.05, 0) is 98.8 Å². The number of carbonyl (C=O) groups excluding carboxylic acids is 4. The highest BCUT2D eigenvalue weighted by Crippen LogP contribution is 2.31. The molecule has 2 heterocycles. The molecule has 278 valence electrons. The second-order valence-corrected chi connectivity index (χ2v) is 14.8. The van der Waals surface area contributed by atoms with Crippen molar-refractivity contribution in [3.8, 4) is 5.75 Å². The summed E-state index contributed by atoms with van der Waals surface area (Å²) in [5, 5.41) is 0.964. The molecular formula is C42H51FN2O7. The number of allylic oxidation sites excluding steroid dienone is 1. The van der Waals surface area contributed by atoms with E-state index < -0.39 is 47.0 Å². The second kappa shape index (κ2) is 18.1. The maximum Gasteiger partial charge on any atom is 0.330 e. The number of ketones is 1. The summed E-state index contributed by atoms with van der Waals surface area (Å²) in [7, 11) is 0. The number of likely N-dealkylation sites (tertiary alicyclic amines) is 1. The third-order valence-electron chi connectivity index (χ3n) is 9.14. The normalized spacial score (nSPS) is 15.6. The molecule has 1 aliphatic rings. The Balaban J connectivity index is 1.55. The third kappa shape index (κ3) is 11.1.